The van der Waals surface area contributed by atoms with Crippen molar-refractivity contribution in [2.24, 2.45) is 0 Å². The molecule has 0 atom stereocenters. The minimum atomic E-state index is -0.857. The number of nitrogens with zero attached hydrogens (tertiary/aromatic N) is 1. The van der Waals surface area contributed by atoms with Gasteiger partial charge in [0.2, 0.25) is 0 Å². The Balaban J connectivity index is 2.19. The summed E-state index contributed by atoms with van der Waals surface area (Å²) in [4.78, 5) is 10.8. The molecule has 1 heterocycles. The van der Waals surface area contributed by atoms with Crippen LogP contribution in [0.25, 0.3) is 10.9 Å². The summed E-state index contributed by atoms with van der Waals surface area (Å²) in [5.74, 6) is -1.14. The Hall–Kier alpha value is -1.84. The van der Waals surface area contributed by atoms with Gasteiger partial charge in [0.1, 0.15) is 5.82 Å². The second kappa shape index (κ2) is 3.58. The van der Waals surface area contributed by atoms with Gasteiger partial charge in [-0.2, -0.15) is 0 Å². The first-order valence-electron chi connectivity index (χ1n) is 5.66. The van der Waals surface area contributed by atoms with E-state index in [1.165, 1.54) is 12.1 Å². The fraction of sp³-hybridized carbons (Fsp3) is 0.308. The molecule has 2 aromatic rings. The number of fused-ring (bicyclic) bond motifs is 1. The van der Waals surface area contributed by atoms with Crippen molar-refractivity contribution < 1.29 is 14.3 Å². The van der Waals surface area contributed by atoms with Crippen LogP contribution in [0.1, 0.15) is 24.4 Å². The first-order valence-corrected chi connectivity index (χ1v) is 5.66. The van der Waals surface area contributed by atoms with Gasteiger partial charge < -0.3 is 9.67 Å². The Labute approximate surface area is 97.5 Å². The fourth-order valence-electron chi connectivity index (χ4n) is 2.26. The molecule has 1 aromatic heterocycles. The zero-order chi connectivity index (χ0) is 12.0. The van der Waals surface area contributed by atoms with Crippen molar-refractivity contribution in [2.75, 3.05) is 0 Å². The quantitative estimate of drug-likeness (QED) is 0.885. The molecule has 0 spiro atoms. The summed E-state index contributed by atoms with van der Waals surface area (Å²) in [7, 11) is 0. The van der Waals surface area contributed by atoms with Gasteiger partial charge in [0.15, 0.2) is 0 Å². The Kier molecular flexibility index (Phi) is 2.18. The maximum atomic E-state index is 13.2. The van der Waals surface area contributed by atoms with Crippen molar-refractivity contribution in [2.45, 2.75) is 25.3 Å². The molecule has 3 rings (SSSR count). The summed E-state index contributed by atoms with van der Waals surface area (Å²) in [6, 6.07) is 4.95. The van der Waals surface area contributed by atoms with Crippen molar-refractivity contribution in [3.63, 3.8) is 0 Å². The van der Waals surface area contributed by atoms with Crippen LogP contribution in [-0.2, 0) is 11.2 Å². The number of carboxylic acids is 1. The van der Waals surface area contributed by atoms with E-state index in [9.17, 15) is 9.18 Å². The SMILES string of the molecule is O=C(O)Cc1cn(C2CC2)c2cc(F)ccc12. The molecule has 0 aliphatic heterocycles. The second-order valence-corrected chi connectivity index (χ2v) is 4.52. The van der Waals surface area contributed by atoms with Crippen LogP contribution in [-0.4, -0.2) is 15.6 Å². The first-order chi connectivity index (χ1) is 8.15. The lowest BCUT2D eigenvalue weighted by Gasteiger charge is -2.01. The molecule has 1 fully saturated rings. The molecule has 3 nitrogen and oxygen atoms in total. The van der Waals surface area contributed by atoms with Gasteiger partial charge in [0.05, 0.1) is 11.9 Å². The number of benzene rings is 1. The van der Waals surface area contributed by atoms with Crippen molar-refractivity contribution in [1.82, 2.24) is 4.57 Å². The highest BCUT2D eigenvalue weighted by Crippen LogP contribution is 2.39. The Morgan fingerprint density at radius 2 is 2.24 bits per heavy atom. The van der Waals surface area contributed by atoms with Gasteiger partial charge >= 0.3 is 5.97 Å². The summed E-state index contributed by atoms with van der Waals surface area (Å²) in [6.45, 7) is 0. The molecule has 1 aliphatic rings. The molecular formula is C13H12FNO2. The second-order valence-electron chi connectivity index (χ2n) is 4.52. The first kappa shape index (κ1) is 10.3. The van der Waals surface area contributed by atoms with Gasteiger partial charge in [-0.25, -0.2) is 4.39 Å². The number of rotatable bonds is 3. The number of hydrogen-bond donors (Lipinski definition) is 1. The molecule has 1 aliphatic carbocycles. The normalized spacial score (nSPS) is 15.4. The number of hydrogen-bond acceptors (Lipinski definition) is 1. The van der Waals surface area contributed by atoms with Gasteiger partial charge in [0.25, 0.3) is 0 Å². The van der Waals surface area contributed by atoms with Crippen LogP contribution in [0.2, 0.25) is 0 Å². The van der Waals surface area contributed by atoms with Crippen LogP contribution in [0.3, 0.4) is 0 Å². The van der Waals surface area contributed by atoms with E-state index in [1.807, 2.05) is 10.8 Å². The van der Waals surface area contributed by atoms with Crippen LogP contribution in [0.15, 0.2) is 24.4 Å². The maximum absolute atomic E-state index is 13.2. The predicted octanol–water partition coefficient (Wildman–Crippen LogP) is 2.74. The van der Waals surface area contributed by atoms with E-state index in [0.717, 1.165) is 29.3 Å². The average molecular weight is 233 g/mol. The highest BCUT2D eigenvalue weighted by atomic mass is 19.1. The fourth-order valence-corrected chi connectivity index (χ4v) is 2.26. The Morgan fingerprint density at radius 3 is 2.88 bits per heavy atom. The third-order valence-electron chi connectivity index (χ3n) is 3.16. The van der Waals surface area contributed by atoms with Crippen molar-refractivity contribution >= 4 is 16.9 Å². The number of carbonyl (C=O) groups is 1. The lowest BCUT2D eigenvalue weighted by molar-refractivity contribution is -0.136. The highest BCUT2D eigenvalue weighted by Gasteiger charge is 2.26. The van der Waals surface area contributed by atoms with E-state index >= 15 is 0 Å². The molecule has 0 bridgehead atoms. The summed E-state index contributed by atoms with van der Waals surface area (Å²) < 4.78 is 15.3. The van der Waals surface area contributed by atoms with E-state index in [-0.39, 0.29) is 12.2 Å². The predicted molar refractivity (Wildman–Crippen MR) is 61.5 cm³/mol. The van der Waals surface area contributed by atoms with Gasteiger partial charge in [-0.1, -0.05) is 0 Å². The topological polar surface area (TPSA) is 42.2 Å². The largest absolute Gasteiger partial charge is 0.481 e. The number of aliphatic carboxylic acids is 1. The van der Waals surface area contributed by atoms with Crippen LogP contribution in [0.4, 0.5) is 4.39 Å². The number of aromatic nitrogens is 1. The molecule has 1 N–H and O–H groups in total. The smallest absolute Gasteiger partial charge is 0.307 e. The lowest BCUT2D eigenvalue weighted by Crippen LogP contribution is -1.99. The van der Waals surface area contributed by atoms with E-state index < -0.39 is 5.97 Å². The summed E-state index contributed by atoms with van der Waals surface area (Å²) in [5.41, 5.74) is 1.57. The van der Waals surface area contributed by atoms with Crippen LogP contribution in [0, 0.1) is 5.82 Å². The van der Waals surface area contributed by atoms with Crippen molar-refractivity contribution in [3.05, 3.63) is 35.8 Å². The Bertz CT molecular complexity index is 599. The summed E-state index contributed by atoms with van der Waals surface area (Å²) in [5, 5.41) is 9.71. The number of halogens is 1. The third kappa shape index (κ3) is 1.79. The zero-order valence-corrected chi connectivity index (χ0v) is 9.19. The summed E-state index contributed by atoms with van der Waals surface area (Å²) >= 11 is 0. The van der Waals surface area contributed by atoms with E-state index in [2.05, 4.69) is 0 Å². The molecule has 1 aromatic carbocycles. The molecule has 88 valence electrons. The molecule has 0 saturated heterocycles. The van der Waals surface area contributed by atoms with E-state index in [0.29, 0.717) is 6.04 Å². The standard InChI is InChI=1S/C13H12FNO2/c14-9-1-4-11-8(5-13(16)17)7-15(10-2-3-10)12(11)6-9/h1,4,6-7,10H,2-3,5H2,(H,16,17). The molecular weight excluding hydrogens is 221 g/mol. The van der Waals surface area contributed by atoms with Gasteiger partial charge in [-0.15, -0.1) is 0 Å². The van der Waals surface area contributed by atoms with Gasteiger partial charge in [-0.05, 0) is 36.6 Å². The minimum Gasteiger partial charge on any atom is -0.481 e. The van der Waals surface area contributed by atoms with Crippen LogP contribution in [0.5, 0.6) is 0 Å². The molecule has 0 unspecified atom stereocenters. The van der Waals surface area contributed by atoms with Gasteiger partial charge in [0, 0.05) is 17.6 Å². The van der Waals surface area contributed by atoms with Crippen LogP contribution < -0.4 is 0 Å². The molecule has 1 saturated carbocycles. The van der Waals surface area contributed by atoms with Crippen molar-refractivity contribution in [3.8, 4) is 0 Å². The average Bonchev–Trinajstić information content (AvgIpc) is 3.03. The van der Waals surface area contributed by atoms with Crippen LogP contribution >= 0.6 is 0 Å². The third-order valence-corrected chi connectivity index (χ3v) is 3.16. The summed E-state index contributed by atoms with van der Waals surface area (Å²) in [6.07, 6.45) is 4.03. The maximum Gasteiger partial charge on any atom is 0.307 e. The lowest BCUT2D eigenvalue weighted by atomic mass is 10.1. The molecule has 17 heavy (non-hydrogen) atoms. The van der Waals surface area contributed by atoms with E-state index in [4.69, 9.17) is 5.11 Å². The van der Waals surface area contributed by atoms with Gasteiger partial charge in [-0.3, -0.25) is 4.79 Å². The van der Waals surface area contributed by atoms with E-state index in [1.54, 1.807) is 6.07 Å². The minimum absolute atomic E-state index is 0.0121. The Morgan fingerprint density at radius 1 is 1.47 bits per heavy atom. The molecule has 0 amide bonds. The number of carboxylic acid groups (broad SMARTS) is 1. The zero-order valence-electron chi connectivity index (χ0n) is 9.19. The molecule has 0 radical (unpaired) electrons. The highest BCUT2D eigenvalue weighted by molar-refractivity contribution is 5.87. The van der Waals surface area contributed by atoms with Crippen molar-refractivity contribution in [1.29, 1.82) is 0 Å². The molecule has 4 heteroatoms. The monoisotopic (exact) mass is 233 g/mol.